The molecule has 8 nitrogen and oxygen atoms in total. The summed E-state index contributed by atoms with van der Waals surface area (Å²) in [6.07, 6.45) is 6.48. The zero-order chi connectivity index (χ0) is 20.4. The summed E-state index contributed by atoms with van der Waals surface area (Å²) in [6.45, 7) is 5.33. The predicted molar refractivity (Wildman–Crippen MR) is 117 cm³/mol. The molecule has 2 fully saturated rings. The van der Waals surface area contributed by atoms with Crippen LogP contribution in [0.15, 0.2) is 6.07 Å². The topological polar surface area (TPSA) is 110 Å². The van der Waals surface area contributed by atoms with Crippen molar-refractivity contribution < 1.29 is 13.8 Å². The second-order valence-corrected chi connectivity index (χ2v) is 10.5. The van der Waals surface area contributed by atoms with Crippen LogP contribution in [-0.4, -0.2) is 60.0 Å². The van der Waals surface area contributed by atoms with Crippen molar-refractivity contribution in [2.45, 2.75) is 52.0 Å². The zero-order valence-corrected chi connectivity index (χ0v) is 18.0. The van der Waals surface area contributed by atoms with Crippen molar-refractivity contribution in [3.8, 4) is 0 Å². The monoisotopic (exact) mass is 423 g/mol. The number of nitrogens with two attached hydrogens (primary N) is 1. The van der Waals surface area contributed by atoms with Gasteiger partial charge in [0.25, 0.3) is 0 Å². The Morgan fingerprint density at radius 2 is 2.07 bits per heavy atom. The third-order valence-corrected chi connectivity index (χ3v) is 7.87. The van der Waals surface area contributed by atoms with Gasteiger partial charge in [0.15, 0.2) is 5.82 Å². The van der Waals surface area contributed by atoms with Crippen LogP contribution in [0.5, 0.6) is 0 Å². The first-order valence-corrected chi connectivity index (χ1v) is 12.3. The maximum atomic E-state index is 9.95. The molecule has 0 radical (unpaired) electrons. The van der Waals surface area contributed by atoms with Gasteiger partial charge in [-0.1, -0.05) is 12.8 Å². The number of hydrogen-bond acceptors (Lipinski definition) is 7. The molecule has 2 aliphatic rings. The Balaban J connectivity index is 1.33. The first-order valence-electron chi connectivity index (χ1n) is 10.6. The molecule has 0 amide bonds. The van der Waals surface area contributed by atoms with Crippen LogP contribution in [0.1, 0.15) is 43.6 Å². The Hall–Kier alpha value is -1.39. The Morgan fingerprint density at radius 1 is 1.24 bits per heavy atom. The smallest absolute Gasteiger partial charge is 0.151 e. The highest BCUT2D eigenvalue weighted by Gasteiger charge is 2.28. The van der Waals surface area contributed by atoms with E-state index >= 15 is 0 Å². The Kier molecular flexibility index (Phi) is 6.31. The molecule has 0 atom stereocenters. The van der Waals surface area contributed by atoms with Gasteiger partial charge in [-0.15, -0.1) is 10.8 Å². The lowest BCUT2D eigenvalue weighted by Crippen LogP contribution is -2.24. The van der Waals surface area contributed by atoms with Gasteiger partial charge in [-0.05, 0) is 38.2 Å². The fourth-order valence-corrected chi connectivity index (χ4v) is 5.69. The summed E-state index contributed by atoms with van der Waals surface area (Å²) in [4.78, 5) is 9.16. The van der Waals surface area contributed by atoms with Crippen molar-refractivity contribution in [3.63, 3.8) is 0 Å². The maximum absolute atomic E-state index is 9.95. The molecule has 1 aliphatic heterocycles. The molecular weight excluding hydrogens is 390 g/mol. The van der Waals surface area contributed by atoms with E-state index < -0.39 is 10.8 Å². The van der Waals surface area contributed by atoms with E-state index in [9.17, 15) is 9.11 Å². The third-order valence-electron chi connectivity index (χ3n) is 5.84. The van der Waals surface area contributed by atoms with Crippen LogP contribution in [0.3, 0.4) is 0 Å². The molecule has 0 aromatic carbocycles. The van der Waals surface area contributed by atoms with Gasteiger partial charge in [0.1, 0.15) is 11.3 Å². The van der Waals surface area contributed by atoms with Crippen LogP contribution < -0.4 is 5.73 Å². The van der Waals surface area contributed by atoms with Crippen LogP contribution in [0.4, 0.5) is 5.82 Å². The fourth-order valence-electron chi connectivity index (χ4n) is 4.07. The van der Waals surface area contributed by atoms with E-state index in [-0.39, 0.29) is 0 Å². The lowest BCUT2D eigenvalue weighted by atomic mass is 10.2. The summed E-state index contributed by atoms with van der Waals surface area (Å²) < 4.78 is 29.8. The second-order valence-electron chi connectivity index (χ2n) is 8.26. The van der Waals surface area contributed by atoms with Gasteiger partial charge in [-0.25, -0.2) is 14.3 Å². The Morgan fingerprint density at radius 3 is 2.79 bits per heavy atom. The Labute approximate surface area is 173 Å². The van der Waals surface area contributed by atoms with Gasteiger partial charge in [0.2, 0.25) is 0 Å². The van der Waals surface area contributed by atoms with Gasteiger partial charge in [-0.2, -0.15) is 0 Å². The summed E-state index contributed by atoms with van der Waals surface area (Å²) in [5, 5.41) is 0. The molecule has 29 heavy (non-hydrogen) atoms. The minimum absolute atomic E-state index is 0.497. The summed E-state index contributed by atoms with van der Waals surface area (Å²) in [5.41, 5.74) is 8.85. The quantitative estimate of drug-likeness (QED) is 0.502. The molecule has 1 aliphatic carbocycles. The molecule has 2 aromatic rings. The van der Waals surface area contributed by atoms with Gasteiger partial charge in [0, 0.05) is 38.4 Å². The maximum Gasteiger partial charge on any atom is 0.151 e. The number of ether oxygens (including phenoxy) is 1. The van der Waals surface area contributed by atoms with E-state index in [1.807, 2.05) is 6.92 Å². The number of nitrogen functional groups attached to an aromatic ring is 1. The van der Waals surface area contributed by atoms with E-state index in [2.05, 4.69) is 15.6 Å². The minimum Gasteiger partial charge on any atom is -0.382 e. The number of pyridine rings is 1. The molecule has 162 valence electrons. The van der Waals surface area contributed by atoms with Gasteiger partial charge < -0.3 is 15.0 Å². The highest BCUT2D eigenvalue weighted by atomic mass is 32.3. The van der Waals surface area contributed by atoms with Gasteiger partial charge >= 0.3 is 0 Å². The summed E-state index contributed by atoms with van der Waals surface area (Å²) >= 11 is 0. The Bertz CT molecular complexity index is 852. The molecule has 4 rings (SSSR count). The standard InChI is InChI=1S/C20H33N5O3S/c1-15-14-17-19(20(21)22-15)23-18(7-6-16-4-5-16)25(17)10-12-28-11-2-8-24-9-3-13-29(24,26)27/h14,16,26-27H,2-13H2,1H3,(H2,21,22). The van der Waals surface area contributed by atoms with Crippen LogP contribution in [-0.2, 0) is 17.7 Å². The molecule has 0 spiro atoms. The molecule has 0 unspecified atom stereocenters. The number of aromatic nitrogens is 3. The normalized spacial score (nSPS) is 20.5. The first kappa shape index (κ1) is 20.9. The minimum atomic E-state index is -2.51. The largest absolute Gasteiger partial charge is 0.382 e. The van der Waals surface area contributed by atoms with Crippen LogP contribution in [0.2, 0.25) is 0 Å². The van der Waals surface area contributed by atoms with Crippen LogP contribution in [0.25, 0.3) is 11.0 Å². The predicted octanol–water partition coefficient (Wildman–Crippen LogP) is 3.44. The number of anilines is 1. The summed E-state index contributed by atoms with van der Waals surface area (Å²) in [6, 6.07) is 2.05. The highest BCUT2D eigenvalue weighted by molar-refractivity contribution is 8.22. The third kappa shape index (κ3) is 5.03. The van der Waals surface area contributed by atoms with E-state index in [1.54, 1.807) is 4.31 Å². The van der Waals surface area contributed by atoms with Crippen molar-refractivity contribution >= 4 is 27.6 Å². The number of imidazole rings is 1. The summed E-state index contributed by atoms with van der Waals surface area (Å²) in [5.74, 6) is 2.93. The van der Waals surface area contributed by atoms with E-state index in [0.717, 1.165) is 60.8 Å². The molecule has 0 bridgehead atoms. The lowest BCUT2D eigenvalue weighted by Gasteiger charge is -2.36. The molecule has 4 N–H and O–H groups in total. The van der Waals surface area contributed by atoms with Gasteiger partial charge in [0.05, 0.1) is 17.9 Å². The fraction of sp³-hybridized carbons (Fsp3) is 0.700. The number of fused-ring (bicyclic) bond motifs is 1. The van der Waals surface area contributed by atoms with Crippen LogP contribution >= 0.6 is 10.8 Å². The first-order chi connectivity index (χ1) is 13.9. The van der Waals surface area contributed by atoms with Crippen molar-refractivity contribution in [1.82, 2.24) is 18.8 Å². The van der Waals surface area contributed by atoms with Crippen molar-refractivity contribution in [3.05, 3.63) is 17.6 Å². The van der Waals surface area contributed by atoms with E-state index in [4.69, 9.17) is 15.5 Å². The average molecular weight is 424 g/mol. The van der Waals surface area contributed by atoms with Crippen molar-refractivity contribution in [1.29, 1.82) is 0 Å². The number of aryl methyl sites for hydroxylation is 2. The number of rotatable bonds is 10. The van der Waals surface area contributed by atoms with E-state index in [0.29, 0.717) is 31.3 Å². The van der Waals surface area contributed by atoms with Crippen molar-refractivity contribution in [2.75, 3.05) is 37.8 Å². The average Bonchev–Trinajstić information content (AvgIpc) is 3.34. The number of nitrogens with zero attached hydrogens (tertiary/aromatic N) is 4. The molecular formula is C20H33N5O3S. The SMILES string of the molecule is Cc1cc2c(nc(CCC3CC3)n2CCOCCCN2CCCS2(O)O)c(N)n1. The van der Waals surface area contributed by atoms with Crippen LogP contribution in [0, 0.1) is 12.8 Å². The molecule has 1 saturated carbocycles. The second kappa shape index (κ2) is 8.77. The molecule has 1 saturated heterocycles. The zero-order valence-electron chi connectivity index (χ0n) is 17.2. The molecule has 2 aromatic heterocycles. The molecule has 9 heteroatoms. The number of hydrogen-bond donors (Lipinski definition) is 3. The molecule has 3 heterocycles. The van der Waals surface area contributed by atoms with Gasteiger partial charge in [-0.3, -0.25) is 9.11 Å². The highest BCUT2D eigenvalue weighted by Crippen LogP contribution is 2.48. The van der Waals surface area contributed by atoms with E-state index in [1.165, 1.54) is 19.3 Å². The van der Waals surface area contributed by atoms with Crippen molar-refractivity contribution in [2.24, 2.45) is 5.92 Å². The lowest BCUT2D eigenvalue weighted by molar-refractivity contribution is 0.120. The summed E-state index contributed by atoms with van der Waals surface area (Å²) in [7, 11) is -2.51.